The Bertz CT molecular complexity index is 1510. The van der Waals surface area contributed by atoms with Crippen molar-refractivity contribution in [3.63, 3.8) is 0 Å². The molecule has 0 bridgehead atoms. The minimum absolute atomic E-state index is 0.111. The Labute approximate surface area is 191 Å². The van der Waals surface area contributed by atoms with Crippen LogP contribution in [0.4, 0.5) is 29.1 Å². The number of nitrogens with two attached hydrogens (primary N) is 1. The van der Waals surface area contributed by atoms with Crippen LogP contribution in [0.2, 0.25) is 0 Å². The Hall–Kier alpha value is -3.93. The maximum Gasteiger partial charge on any atom is 0.265 e. The summed E-state index contributed by atoms with van der Waals surface area (Å²) in [5.41, 5.74) is 5.14. The Morgan fingerprint density at radius 2 is 1.76 bits per heavy atom. The molecule has 0 atom stereocenters. The molecule has 2 heterocycles. The molecule has 0 amide bonds. The van der Waals surface area contributed by atoms with Crippen LogP contribution in [0.1, 0.15) is 6.92 Å². The summed E-state index contributed by atoms with van der Waals surface area (Å²) in [6.07, 6.45) is 2.98. The molecule has 0 aliphatic rings. The average molecular weight is 491 g/mol. The maximum atomic E-state index is 15.5. The van der Waals surface area contributed by atoms with Gasteiger partial charge in [-0.2, -0.15) is 5.10 Å². The molecule has 34 heavy (non-hydrogen) atoms. The molecule has 0 aliphatic carbocycles. The number of pyridine rings is 1. The highest BCUT2D eigenvalue weighted by Gasteiger charge is 2.26. The minimum Gasteiger partial charge on any atom is -0.384 e. The monoisotopic (exact) mass is 491 g/mol. The number of halogens is 4. The largest absolute Gasteiger partial charge is 0.384 e. The van der Waals surface area contributed by atoms with Gasteiger partial charge in [-0.25, -0.2) is 31.0 Å². The normalized spacial score (nSPS) is 11.6. The topological polar surface area (TPSA) is 103 Å². The number of anilines is 2. The number of hydrogen-bond donors (Lipinski definition) is 2. The van der Waals surface area contributed by atoms with Gasteiger partial charge in [0.1, 0.15) is 33.9 Å². The third-order valence-corrected chi connectivity index (χ3v) is 6.31. The average Bonchev–Trinajstić information content (AvgIpc) is 3.21. The zero-order valence-electron chi connectivity index (χ0n) is 17.6. The number of nitrogens with one attached hydrogen (secondary N) is 1. The van der Waals surface area contributed by atoms with Gasteiger partial charge in [0.25, 0.3) is 10.0 Å². The van der Waals surface area contributed by atoms with Gasteiger partial charge in [0.15, 0.2) is 5.82 Å². The molecular formula is C22H17F4N5O2S. The van der Waals surface area contributed by atoms with Gasteiger partial charge in [-0.1, -0.05) is 0 Å². The highest BCUT2D eigenvalue weighted by Crippen LogP contribution is 2.37. The molecule has 0 aliphatic heterocycles. The fourth-order valence-corrected chi connectivity index (χ4v) is 4.48. The lowest BCUT2D eigenvalue weighted by Gasteiger charge is -2.13. The smallest absolute Gasteiger partial charge is 0.265 e. The van der Waals surface area contributed by atoms with Crippen molar-refractivity contribution in [2.45, 2.75) is 18.4 Å². The van der Waals surface area contributed by atoms with Crippen LogP contribution in [-0.4, -0.2) is 23.2 Å². The standard InChI is InChI=1S/C22H17F4N5O2S/c1-2-31-11-14(12-7-8-28-19(27)9-12)22(29-31)20-16(25)5-6-17(21(20)26)30-34(32,33)18-10-13(23)3-4-15(18)24/h3-11,30H,2H2,1H3,(H2,27,28). The van der Waals surface area contributed by atoms with E-state index in [2.05, 4.69) is 10.1 Å². The van der Waals surface area contributed by atoms with Crippen LogP contribution in [-0.2, 0) is 16.6 Å². The number of benzene rings is 2. The quantitative estimate of drug-likeness (QED) is 0.385. The molecule has 0 unspecified atom stereocenters. The van der Waals surface area contributed by atoms with Crippen LogP contribution >= 0.6 is 0 Å². The van der Waals surface area contributed by atoms with E-state index in [-0.39, 0.29) is 11.5 Å². The van der Waals surface area contributed by atoms with Crippen molar-refractivity contribution in [1.29, 1.82) is 0 Å². The summed E-state index contributed by atoms with van der Waals surface area (Å²) in [5, 5.41) is 4.24. The molecule has 12 heteroatoms. The van der Waals surface area contributed by atoms with Crippen molar-refractivity contribution in [1.82, 2.24) is 14.8 Å². The third kappa shape index (κ3) is 4.31. The predicted molar refractivity (Wildman–Crippen MR) is 118 cm³/mol. The van der Waals surface area contributed by atoms with Crippen LogP contribution < -0.4 is 10.5 Å². The lowest BCUT2D eigenvalue weighted by atomic mass is 10.0. The summed E-state index contributed by atoms with van der Waals surface area (Å²) in [6.45, 7) is 2.15. The van der Waals surface area contributed by atoms with Gasteiger partial charge in [-0.3, -0.25) is 9.40 Å². The first-order valence-electron chi connectivity index (χ1n) is 9.86. The van der Waals surface area contributed by atoms with Crippen molar-refractivity contribution in [2.24, 2.45) is 0 Å². The molecule has 0 radical (unpaired) electrons. The van der Waals surface area contributed by atoms with E-state index in [1.54, 1.807) is 19.2 Å². The van der Waals surface area contributed by atoms with E-state index in [0.717, 1.165) is 18.2 Å². The van der Waals surface area contributed by atoms with Crippen LogP contribution in [0.15, 0.2) is 59.8 Å². The van der Waals surface area contributed by atoms with Crippen molar-refractivity contribution >= 4 is 21.5 Å². The summed E-state index contributed by atoms with van der Waals surface area (Å²) in [6, 6.07) is 6.57. The Morgan fingerprint density at radius 3 is 2.47 bits per heavy atom. The first-order chi connectivity index (χ1) is 16.1. The van der Waals surface area contributed by atoms with E-state index in [1.165, 1.54) is 16.9 Å². The SMILES string of the molecule is CCn1cc(-c2ccnc(N)c2)c(-c2c(F)ccc(NS(=O)(=O)c3cc(F)ccc3F)c2F)n1. The number of hydrogen-bond acceptors (Lipinski definition) is 5. The Balaban J connectivity index is 1.85. The molecule has 3 N–H and O–H groups in total. The second kappa shape index (κ2) is 8.78. The molecule has 0 spiro atoms. The van der Waals surface area contributed by atoms with Crippen LogP contribution in [0.3, 0.4) is 0 Å². The zero-order valence-corrected chi connectivity index (χ0v) is 18.4. The van der Waals surface area contributed by atoms with E-state index < -0.39 is 49.4 Å². The maximum absolute atomic E-state index is 15.5. The molecule has 176 valence electrons. The second-order valence-corrected chi connectivity index (χ2v) is 8.83. The highest BCUT2D eigenvalue weighted by molar-refractivity contribution is 7.92. The number of aromatic nitrogens is 3. The van der Waals surface area contributed by atoms with E-state index in [1.807, 2.05) is 4.72 Å². The molecule has 7 nitrogen and oxygen atoms in total. The number of rotatable bonds is 6. The summed E-state index contributed by atoms with van der Waals surface area (Å²) in [5.74, 6) is -4.37. The van der Waals surface area contributed by atoms with Crippen molar-refractivity contribution in [2.75, 3.05) is 10.5 Å². The van der Waals surface area contributed by atoms with Gasteiger partial charge >= 0.3 is 0 Å². The van der Waals surface area contributed by atoms with Crippen molar-refractivity contribution < 1.29 is 26.0 Å². The van der Waals surface area contributed by atoms with Gasteiger partial charge in [-0.05, 0) is 55.0 Å². The fraction of sp³-hybridized carbons (Fsp3) is 0.0909. The lowest BCUT2D eigenvalue weighted by molar-refractivity contribution is 0.554. The van der Waals surface area contributed by atoms with E-state index in [0.29, 0.717) is 29.8 Å². The van der Waals surface area contributed by atoms with Gasteiger partial charge in [0, 0.05) is 24.5 Å². The zero-order chi connectivity index (χ0) is 24.6. The fourth-order valence-electron chi connectivity index (χ4n) is 3.33. The molecule has 0 saturated carbocycles. The first-order valence-corrected chi connectivity index (χ1v) is 11.3. The van der Waals surface area contributed by atoms with Crippen molar-refractivity contribution in [3.8, 4) is 22.4 Å². The molecular weight excluding hydrogens is 474 g/mol. The van der Waals surface area contributed by atoms with E-state index >= 15 is 4.39 Å². The van der Waals surface area contributed by atoms with Crippen LogP contribution in [0.25, 0.3) is 22.4 Å². The van der Waals surface area contributed by atoms with E-state index in [9.17, 15) is 21.6 Å². The highest BCUT2D eigenvalue weighted by atomic mass is 32.2. The summed E-state index contributed by atoms with van der Waals surface area (Å²) < 4.78 is 86.4. The van der Waals surface area contributed by atoms with Gasteiger partial charge in [-0.15, -0.1) is 0 Å². The number of aryl methyl sites for hydroxylation is 1. The summed E-state index contributed by atoms with van der Waals surface area (Å²) in [4.78, 5) is 2.87. The molecule has 2 aromatic heterocycles. The summed E-state index contributed by atoms with van der Waals surface area (Å²) >= 11 is 0. The number of nitrogen functional groups attached to an aromatic ring is 1. The van der Waals surface area contributed by atoms with E-state index in [4.69, 9.17) is 5.73 Å². The molecule has 2 aromatic carbocycles. The molecule has 0 fully saturated rings. The minimum atomic E-state index is -4.75. The molecule has 4 rings (SSSR count). The first kappa shape index (κ1) is 23.2. The molecule has 0 saturated heterocycles. The van der Waals surface area contributed by atoms with Gasteiger partial charge in [0.2, 0.25) is 0 Å². The lowest BCUT2D eigenvalue weighted by Crippen LogP contribution is -2.16. The van der Waals surface area contributed by atoms with Crippen LogP contribution in [0.5, 0.6) is 0 Å². The number of sulfonamides is 1. The Kier molecular flexibility index (Phi) is 6.00. The summed E-state index contributed by atoms with van der Waals surface area (Å²) in [7, 11) is -4.75. The van der Waals surface area contributed by atoms with Gasteiger partial charge in [0.05, 0.1) is 11.3 Å². The van der Waals surface area contributed by atoms with Gasteiger partial charge < -0.3 is 5.73 Å². The Morgan fingerprint density at radius 1 is 1.03 bits per heavy atom. The third-order valence-electron chi connectivity index (χ3n) is 4.93. The van der Waals surface area contributed by atoms with Crippen molar-refractivity contribution in [3.05, 3.63) is 78.1 Å². The molecule has 4 aromatic rings. The number of nitrogens with zero attached hydrogens (tertiary/aromatic N) is 3. The predicted octanol–water partition coefficient (Wildman–Crippen LogP) is 4.57. The van der Waals surface area contributed by atoms with Crippen LogP contribution in [0, 0.1) is 23.3 Å². The second-order valence-electron chi connectivity index (χ2n) is 7.18.